The number of imide groups is 1. The van der Waals surface area contributed by atoms with E-state index < -0.39 is 6.04 Å². The summed E-state index contributed by atoms with van der Waals surface area (Å²) >= 11 is 0. The molecule has 1 aliphatic heterocycles. The Kier molecular flexibility index (Phi) is 5.12. The molecule has 2 aromatic carbocycles. The van der Waals surface area contributed by atoms with E-state index in [9.17, 15) is 14.0 Å². The monoisotopic (exact) mass is 392 g/mol. The second-order valence-electron chi connectivity index (χ2n) is 7.16. The standard InChI is InChI=1S/C22H21FN4O2/c1-16(19-11-24-26(14-19)13-17-5-3-2-4-6-17)27-21(28)15-25(22(27)29)12-18-7-9-20(23)10-8-18/h2-11,14,16H,12-13,15H2,1H3. The summed E-state index contributed by atoms with van der Waals surface area (Å²) in [6.45, 7) is 2.72. The first-order chi connectivity index (χ1) is 14.0. The summed E-state index contributed by atoms with van der Waals surface area (Å²) in [5.74, 6) is -0.583. The van der Waals surface area contributed by atoms with Crippen molar-refractivity contribution in [3.8, 4) is 0 Å². The van der Waals surface area contributed by atoms with Crippen LogP contribution in [0, 0.1) is 5.82 Å². The number of urea groups is 1. The maximum atomic E-state index is 13.1. The molecule has 0 radical (unpaired) electrons. The third kappa shape index (κ3) is 4.03. The maximum Gasteiger partial charge on any atom is 0.328 e. The van der Waals surface area contributed by atoms with Crippen molar-refractivity contribution < 1.29 is 14.0 Å². The van der Waals surface area contributed by atoms with Crippen molar-refractivity contribution in [2.45, 2.75) is 26.1 Å². The smallest absolute Gasteiger partial charge is 0.311 e. The highest BCUT2D eigenvalue weighted by Crippen LogP contribution is 2.26. The van der Waals surface area contributed by atoms with Crippen LogP contribution >= 0.6 is 0 Å². The predicted octanol–water partition coefficient (Wildman–Crippen LogP) is 3.60. The molecule has 0 aliphatic carbocycles. The van der Waals surface area contributed by atoms with E-state index in [-0.39, 0.29) is 30.8 Å². The third-order valence-corrected chi connectivity index (χ3v) is 5.07. The van der Waals surface area contributed by atoms with E-state index in [0.29, 0.717) is 6.54 Å². The van der Waals surface area contributed by atoms with Crippen molar-refractivity contribution >= 4 is 11.9 Å². The normalized spacial score (nSPS) is 15.2. The highest BCUT2D eigenvalue weighted by Gasteiger charge is 2.39. The molecule has 0 N–H and O–H groups in total. The van der Waals surface area contributed by atoms with Crippen LogP contribution in [0.25, 0.3) is 0 Å². The molecular weight excluding hydrogens is 371 g/mol. The van der Waals surface area contributed by atoms with Gasteiger partial charge in [0.1, 0.15) is 12.4 Å². The Morgan fingerprint density at radius 3 is 2.41 bits per heavy atom. The van der Waals surface area contributed by atoms with Crippen LogP contribution in [-0.2, 0) is 17.9 Å². The summed E-state index contributed by atoms with van der Waals surface area (Å²) in [5, 5.41) is 4.37. The molecule has 1 unspecified atom stereocenters. The maximum absolute atomic E-state index is 13.1. The molecule has 148 valence electrons. The van der Waals surface area contributed by atoms with Crippen molar-refractivity contribution in [3.63, 3.8) is 0 Å². The van der Waals surface area contributed by atoms with Crippen molar-refractivity contribution in [3.05, 3.63) is 89.5 Å². The third-order valence-electron chi connectivity index (χ3n) is 5.07. The Morgan fingerprint density at radius 1 is 1.00 bits per heavy atom. The molecule has 3 amide bonds. The molecule has 4 rings (SSSR count). The molecule has 1 saturated heterocycles. The first-order valence-electron chi connectivity index (χ1n) is 9.43. The number of carbonyl (C=O) groups excluding carboxylic acids is 2. The van der Waals surface area contributed by atoms with Gasteiger partial charge in [0.15, 0.2) is 0 Å². The molecule has 29 heavy (non-hydrogen) atoms. The zero-order valence-corrected chi connectivity index (χ0v) is 16.0. The summed E-state index contributed by atoms with van der Waals surface area (Å²) in [5.41, 5.74) is 2.69. The summed E-state index contributed by atoms with van der Waals surface area (Å²) in [6.07, 6.45) is 3.55. The Balaban J connectivity index is 1.45. The minimum Gasteiger partial charge on any atom is -0.311 e. The lowest BCUT2D eigenvalue weighted by Crippen LogP contribution is -2.34. The van der Waals surface area contributed by atoms with Gasteiger partial charge >= 0.3 is 6.03 Å². The summed E-state index contributed by atoms with van der Waals surface area (Å²) in [7, 11) is 0. The molecule has 1 atom stereocenters. The van der Waals surface area contributed by atoms with Crippen molar-refractivity contribution in [1.29, 1.82) is 0 Å². The number of nitrogens with zero attached hydrogens (tertiary/aromatic N) is 4. The van der Waals surface area contributed by atoms with Gasteiger partial charge < -0.3 is 4.90 Å². The summed E-state index contributed by atoms with van der Waals surface area (Å²) in [6, 6.07) is 15.1. The van der Waals surface area contributed by atoms with E-state index in [1.807, 2.05) is 43.5 Å². The average molecular weight is 392 g/mol. The molecule has 0 spiro atoms. The molecule has 0 bridgehead atoms. The molecule has 1 aromatic heterocycles. The molecule has 1 aliphatic rings. The van der Waals surface area contributed by atoms with Crippen molar-refractivity contribution in [2.75, 3.05) is 6.54 Å². The fourth-order valence-electron chi connectivity index (χ4n) is 3.48. The van der Waals surface area contributed by atoms with Crippen molar-refractivity contribution in [1.82, 2.24) is 19.6 Å². The Bertz CT molecular complexity index is 1020. The lowest BCUT2D eigenvalue weighted by molar-refractivity contribution is -0.126. The van der Waals surface area contributed by atoms with Crippen LogP contribution < -0.4 is 0 Å². The van der Waals surface area contributed by atoms with Gasteiger partial charge in [-0.25, -0.2) is 9.18 Å². The van der Waals surface area contributed by atoms with Crippen LogP contribution in [0.1, 0.15) is 29.7 Å². The minimum absolute atomic E-state index is 0.0126. The van der Waals surface area contributed by atoms with Gasteiger partial charge in [0.05, 0.1) is 18.8 Å². The Hall–Kier alpha value is -3.48. The molecule has 3 aromatic rings. The number of carbonyl (C=O) groups is 2. The predicted molar refractivity (Wildman–Crippen MR) is 105 cm³/mol. The lowest BCUT2D eigenvalue weighted by atomic mass is 10.1. The highest BCUT2D eigenvalue weighted by molar-refractivity contribution is 6.02. The van der Waals surface area contributed by atoms with Gasteiger partial charge in [-0.1, -0.05) is 42.5 Å². The van der Waals surface area contributed by atoms with E-state index in [4.69, 9.17) is 0 Å². The Morgan fingerprint density at radius 2 is 1.69 bits per heavy atom. The van der Waals surface area contributed by atoms with Gasteiger partial charge in [-0.3, -0.25) is 14.4 Å². The fraction of sp³-hybridized carbons (Fsp3) is 0.227. The highest BCUT2D eigenvalue weighted by atomic mass is 19.1. The lowest BCUT2D eigenvalue weighted by Gasteiger charge is -2.22. The van der Waals surface area contributed by atoms with Crippen molar-refractivity contribution in [2.24, 2.45) is 0 Å². The van der Waals surface area contributed by atoms with E-state index >= 15 is 0 Å². The van der Waals surface area contributed by atoms with Gasteiger partial charge in [0.2, 0.25) is 0 Å². The van der Waals surface area contributed by atoms with Crippen LogP contribution in [-0.4, -0.2) is 38.1 Å². The second-order valence-corrected chi connectivity index (χ2v) is 7.16. The van der Waals surface area contributed by atoms with Gasteiger partial charge in [0, 0.05) is 18.3 Å². The first-order valence-corrected chi connectivity index (χ1v) is 9.43. The van der Waals surface area contributed by atoms with Crippen LogP contribution in [0.15, 0.2) is 67.0 Å². The molecule has 7 heteroatoms. The van der Waals surface area contributed by atoms with E-state index in [0.717, 1.165) is 16.7 Å². The van der Waals surface area contributed by atoms with Gasteiger partial charge in [0.25, 0.3) is 5.91 Å². The van der Waals surface area contributed by atoms with E-state index in [2.05, 4.69) is 5.10 Å². The van der Waals surface area contributed by atoms with Crippen LogP contribution in [0.2, 0.25) is 0 Å². The van der Waals surface area contributed by atoms with E-state index in [1.165, 1.54) is 21.9 Å². The second kappa shape index (κ2) is 7.87. The van der Waals surface area contributed by atoms with E-state index in [1.54, 1.807) is 23.0 Å². The van der Waals surface area contributed by atoms with Crippen LogP contribution in [0.3, 0.4) is 0 Å². The first kappa shape index (κ1) is 18.9. The summed E-state index contributed by atoms with van der Waals surface area (Å²) in [4.78, 5) is 28.1. The molecule has 1 fully saturated rings. The number of aromatic nitrogens is 2. The number of amides is 3. The van der Waals surface area contributed by atoms with Gasteiger partial charge in [-0.2, -0.15) is 5.10 Å². The van der Waals surface area contributed by atoms with Crippen LogP contribution in [0.4, 0.5) is 9.18 Å². The van der Waals surface area contributed by atoms with Gasteiger partial charge in [-0.05, 0) is 30.2 Å². The molecule has 2 heterocycles. The fourth-order valence-corrected chi connectivity index (χ4v) is 3.48. The number of halogens is 1. The SMILES string of the molecule is CC(c1cnn(Cc2ccccc2)c1)N1C(=O)CN(Cc2ccc(F)cc2)C1=O. The van der Waals surface area contributed by atoms with Crippen LogP contribution in [0.5, 0.6) is 0 Å². The molecule has 6 nitrogen and oxygen atoms in total. The molecule has 0 saturated carbocycles. The quantitative estimate of drug-likeness (QED) is 0.603. The number of hydrogen-bond donors (Lipinski definition) is 0. The molecular formula is C22H21FN4O2. The average Bonchev–Trinajstić information content (AvgIpc) is 3.28. The minimum atomic E-state index is -0.419. The zero-order chi connectivity index (χ0) is 20.4. The largest absolute Gasteiger partial charge is 0.328 e. The summed E-state index contributed by atoms with van der Waals surface area (Å²) < 4.78 is 14.9. The Labute approximate surface area is 168 Å². The van der Waals surface area contributed by atoms with Gasteiger partial charge in [-0.15, -0.1) is 0 Å². The number of rotatable bonds is 6. The number of hydrogen-bond acceptors (Lipinski definition) is 3. The topological polar surface area (TPSA) is 58.4 Å². The number of benzene rings is 2. The zero-order valence-electron chi connectivity index (χ0n) is 16.0.